The third-order valence-electron chi connectivity index (χ3n) is 4.00. The van der Waals surface area contributed by atoms with Crippen LogP contribution in [-0.2, 0) is 13.0 Å². The Labute approximate surface area is 127 Å². The molecule has 0 radical (unpaired) electrons. The van der Waals surface area contributed by atoms with Crippen LogP contribution in [0.15, 0.2) is 0 Å². The average molecular weight is 296 g/mol. The van der Waals surface area contributed by atoms with Gasteiger partial charge in [-0.3, -0.25) is 0 Å². The van der Waals surface area contributed by atoms with Gasteiger partial charge in [0.05, 0.1) is 5.69 Å². The van der Waals surface area contributed by atoms with E-state index >= 15 is 0 Å². The van der Waals surface area contributed by atoms with E-state index in [-0.39, 0.29) is 0 Å². The molecule has 1 aliphatic rings. The van der Waals surface area contributed by atoms with Gasteiger partial charge in [-0.15, -0.1) is 11.3 Å². The summed E-state index contributed by atoms with van der Waals surface area (Å²) in [6.07, 6.45) is 1.02. The Bertz CT molecular complexity index is 430. The molecule has 114 valence electrons. The number of likely N-dealkylation sites (N-methyl/N-ethyl adjacent to an activating group) is 1. The van der Waals surface area contributed by atoms with Crippen LogP contribution in [0.1, 0.15) is 38.3 Å². The van der Waals surface area contributed by atoms with E-state index in [0.29, 0.717) is 12.1 Å². The number of anilines is 1. The fourth-order valence-corrected chi connectivity index (χ4v) is 3.57. The number of piperazine rings is 1. The minimum absolute atomic E-state index is 0.522. The van der Waals surface area contributed by atoms with E-state index in [0.717, 1.165) is 32.6 Å². The Morgan fingerprint density at radius 2 is 2.15 bits per heavy atom. The van der Waals surface area contributed by atoms with Crippen LogP contribution in [0, 0.1) is 0 Å². The second-order valence-electron chi connectivity index (χ2n) is 6.03. The largest absolute Gasteiger partial charge is 0.345 e. The first-order valence-electron chi connectivity index (χ1n) is 7.68. The Hall–Kier alpha value is -0.650. The minimum Gasteiger partial charge on any atom is -0.345 e. The summed E-state index contributed by atoms with van der Waals surface area (Å²) in [6.45, 7) is 13.1. The number of hydrogen-bond acceptors (Lipinski definition) is 5. The molecule has 0 saturated carbocycles. The highest BCUT2D eigenvalue weighted by atomic mass is 32.1. The average Bonchev–Trinajstić information content (AvgIpc) is 2.82. The lowest BCUT2D eigenvalue weighted by Gasteiger charge is -2.37. The third-order valence-corrected chi connectivity index (χ3v) is 5.16. The summed E-state index contributed by atoms with van der Waals surface area (Å²) < 4.78 is 0. The van der Waals surface area contributed by atoms with Crippen molar-refractivity contribution in [2.24, 2.45) is 0 Å². The van der Waals surface area contributed by atoms with Gasteiger partial charge in [0.1, 0.15) is 0 Å². The van der Waals surface area contributed by atoms with Crippen LogP contribution in [0.4, 0.5) is 5.13 Å². The van der Waals surface area contributed by atoms with Crippen molar-refractivity contribution >= 4 is 16.5 Å². The molecule has 20 heavy (non-hydrogen) atoms. The molecule has 0 spiro atoms. The van der Waals surface area contributed by atoms with Crippen LogP contribution in [0.2, 0.25) is 0 Å². The molecule has 1 aromatic heterocycles. The predicted molar refractivity (Wildman–Crippen MR) is 87.8 cm³/mol. The Morgan fingerprint density at radius 3 is 2.75 bits per heavy atom. The lowest BCUT2D eigenvalue weighted by Crippen LogP contribution is -2.50. The Kier molecular flexibility index (Phi) is 5.41. The number of nitrogens with zero attached hydrogens (tertiary/aromatic N) is 3. The molecule has 4 nitrogen and oxygen atoms in total. The third kappa shape index (κ3) is 3.71. The minimum atomic E-state index is 0.522. The monoisotopic (exact) mass is 296 g/mol. The van der Waals surface area contributed by atoms with Crippen molar-refractivity contribution in [2.75, 3.05) is 31.6 Å². The van der Waals surface area contributed by atoms with Gasteiger partial charge in [-0.1, -0.05) is 20.8 Å². The highest BCUT2D eigenvalue weighted by Crippen LogP contribution is 2.28. The fourth-order valence-electron chi connectivity index (χ4n) is 2.44. The molecule has 0 aliphatic carbocycles. The van der Waals surface area contributed by atoms with Crippen LogP contribution in [-0.4, -0.2) is 48.6 Å². The molecule has 1 N–H and O–H groups in total. The van der Waals surface area contributed by atoms with E-state index in [1.54, 1.807) is 0 Å². The number of hydrogen-bond donors (Lipinski definition) is 1. The molecule has 1 atom stereocenters. The fraction of sp³-hybridized carbons (Fsp3) is 0.800. The molecule has 2 heterocycles. The Morgan fingerprint density at radius 1 is 1.40 bits per heavy atom. The summed E-state index contributed by atoms with van der Waals surface area (Å²) >= 11 is 1.87. The highest BCUT2D eigenvalue weighted by molar-refractivity contribution is 7.15. The smallest absolute Gasteiger partial charge is 0.185 e. The van der Waals surface area contributed by atoms with Crippen LogP contribution in [0.5, 0.6) is 0 Å². The molecule has 1 fully saturated rings. The summed E-state index contributed by atoms with van der Waals surface area (Å²) in [5, 5.41) is 4.72. The zero-order valence-electron chi connectivity index (χ0n) is 13.4. The van der Waals surface area contributed by atoms with Crippen molar-refractivity contribution in [3.8, 4) is 0 Å². The number of aromatic nitrogens is 1. The second-order valence-corrected chi connectivity index (χ2v) is 7.09. The van der Waals surface area contributed by atoms with E-state index < -0.39 is 0 Å². The quantitative estimate of drug-likeness (QED) is 0.904. The van der Waals surface area contributed by atoms with Gasteiger partial charge in [-0.25, -0.2) is 4.98 Å². The van der Waals surface area contributed by atoms with Gasteiger partial charge in [0.25, 0.3) is 0 Å². The van der Waals surface area contributed by atoms with Crippen molar-refractivity contribution in [1.29, 1.82) is 0 Å². The second kappa shape index (κ2) is 6.87. The Balaban J connectivity index is 2.08. The van der Waals surface area contributed by atoms with E-state index in [2.05, 4.69) is 49.9 Å². The van der Waals surface area contributed by atoms with E-state index in [1.165, 1.54) is 15.7 Å². The van der Waals surface area contributed by atoms with Crippen LogP contribution < -0.4 is 10.2 Å². The molecule has 1 aliphatic heterocycles. The van der Waals surface area contributed by atoms with Crippen molar-refractivity contribution in [1.82, 2.24) is 15.2 Å². The van der Waals surface area contributed by atoms with E-state index in [4.69, 9.17) is 4.98 Å². The molecule has 0 amide bonds. The van der Waals surface area contributed by atoms with E-state index in [1.807, 2.05) is 11.3 Å². The zero-order valence-corrected chi connectivity index (χ0v) is 14.3. The van der Waals surface area contributed by atoms with Crippen LogP contribution in [0.3, 0.4) is 0 Å². The summed E-state index contributed by atoms with van der Waals surface area (Å²) in [6, 6.07) is 1.13. The first-order valence-corrected chi connectivity index (χ1v) is 8.50. The predicted octanol–water partition coefficient (Wildman–Crippen LogP) is 2.34. The van der Waals surface area contributed by atoms with Gasteiger partial charge in [-0.05, 0) is 20.4 Å². The summed E-state index contributed by atoms with van der Waals surface area (Å²) in [5.74, 6) is 0. The van der Waals surface area contributed by atoms with Crippen molar-refractivity contribution in [2.45, 2.75) is 52.7 Å². The molecule has 1 unspecified atom stereocenters. The van der Waals surface area contributed by atoms with E-state index in [9.17, 15) is 0 Å². The topological polar surface area (TPSA) is 31.4 Å². The molecule has 0 aromatic carbocycles. The van der Waals surface area contributed by atoms with Crippen LogP contribution in [0.25, 0.3) is 0 Å². The number of aryl methyl sites for hydroxylation is 1. The first kappa shape index (κ1) is 15.7. The van der Waals surface area contributed by atoms with Crippen molar-refractivity contribution < 1.29 is 0 Å². The SMILES string of the molecule is CCc1nc(N2CCN(C)C(C)C2)sc1CNC(C)C. The first-order chi connectivity index (χ1) is 9.51. The summed E-state index contributed by atoms with van der Waals surface area (Å²) in [7, 11) is 2.21. The highest BCUT2D eigenvalue weighted by Gasteiger charge is 2.23. The number of nitrogens with one attached hydrogen (secondary N) is 1. The molecule has 0 bridgehead atoms. The van der Waals surface area contributed by atoms with Gasteiger partial charge in [0.15, 0.2) is 5.13 Å². The van der Waals surface area contributed by atoms with Gasteiger partial charge < -0.3 is 15.1 Å². The maximum atomic E-state index is 4.88. The molecule has 1 aromatic rings. The number of thiazole rings is 1. The molecular weight excluding hydrogens is 268 g/mol. The molecule has 1 saturated heterocycles. The van der Waals surface area contributed by atoms with Gasteiger partial charge in [0.2, 0.25) is 0 Å². The summed E-state index contributed by atoms with van der Waals surface area (Å²) in [5.41, 5.74) is 1.27. The number of rotatable bonds is 5. The maximum Gasteiger partial charge on any atom is 0.185 e. The lowest BCUT2D eigenvalue weighted by molar-refractivity contribution is 0.234. The lowest BCUT2D eigenvalue weighted by atomic mass is 10.2. The van der Waals surface area contributed by atoms with Crippen molar-refractivity contribution in [3.05, 3.63) is 10.6 Å². The molecular formula is C15H28N4S. The normalized spacial score (nSPS) is 20.9. The molecule has 5 heteroatoms. The van der Waals surface area contributed by atoms with Gasteiger partial charge in [-0.2, -0.15) is 0 Å². The van der Waals surface area contributed by atoms with Gasteiger partial charge >= 0.3 is 0 Å². The van der Waals surface area contributed by atoms with Gasteiger partial charge in [0, 0.05) is 43.1 Å². The summed E-state index contributed by atoms with van der Waals surface area (Å²) in [4.78, 5) is 11.2. The van der Waals surface area contributed by atoms with Crippen molar-refractivity contribution in [3.63, 3.8) is 0 Å². The zero-order chi connectivity index (χ0) is 14.7. The maximum absolute atomic E-state index is 4.88. The van der Waals surface area contributed by atoms with Crippen LogP contribution >= 0.6 is 11.3 Å². The molecule has 2 rings (SSSR count). The standard InChI is InChI=1S/C15H28N4S/c1-6-13-14(9-16-11(2)3)20-15(17-13)19-8-7-18(5)12(4)10-19/h11-12,16H,6-10H2,1-5H3.